The monoisotopic (exact) mass is 311 g/mol. The van der Waals surface area contributed by atoms with Crippen LogP contribution >= 0.6 is 11.3 Å². The van der Waals surface area contributed by atoms with Crippen molar-refractivity contribution in [2.75, 3.05) is 0 Å². The van der Waals surface area contributed by atoms with E-state index in [1.54, 1.807) is 11.3 Å². The predicted molar refractivity (Wildman–Crippen MR) is 97.4 cm³/mol. The van der Waals surface area contributed by atoms with Crippen LogP contribution in [-0.4, -0.2) is 0 Å². The van der Waals surface area contributed by atoms with Gasteiger partial charge in [0.1, 0.15) is 0 Å². The highest BCUT2D eigenvalue weighted by atomic mass is 32.1. The van der Waals surface area contributed by atoms with Crippen molar-refractivity contribution in [2.45, 2.75) is 0 Å². The van der Waals surface area contributed by atoms with Crippen molar-refractivity contribution in [3.63, 3.8) is 0 Å². The predicted octanol–water partition coefficient (Wildman–Crippen LogP) is 6.11. The Morgan fingerprint density at radius 2 is 1.39 bits per heavy atom. The van der Waals surface area contributed by atoms with Crippen LogP contribution in [-0.2, 0) is 0 Å². The minimum atomic E-state index is 0.691. The van der Waals surface area contributed by atoms with Gasteiger partial charge in [-0.2, -0.15) is 5.26 Å². The van der Waals surface area contributed by atoms with Gasteiger partial charge in [-0.25, -0.2) is 0 Å². The number of hydrogen-bond donors (Lipinski definition) is 0. The first-order chi connectivity index (χ1) is 11.4. The molecule has 4 aromatic rings. The van der Waals surface area contributed by atoms with E-state index >= 15 is 0 Å². The average molecular weight is 311 g/mol. The Hall–Kier alpha value is -2.89. The van der Waals surface area contributed by atoms with Crippen LogP contribution in [0.25, 0.3) is 31.7 Å². The van der Waals surface area contributed by atoms with Gasteiger partial charge in [-0.05, 0) is 29.3 Å². The summed E-state index contributed by atoms with van der Waals surface area (Å²) in [6.07, 6.45) is 0. The molecule has 0 bridgehead atoms. The normalized spacial score (nSPS) is 10.6. The fourth-order valence-corrected chi connectivity index (χ4v) is 4.07. The lowest BCUT2D eigenvalue weighted by molar-refractivity contribution is 1.49. The van der Waals surface area contributed by atoms with Crippen molar-refractivity contribution in [2.24, 2.45) is 0 Å². The van der Waals surface area contributed by atoms with Gasteiger partial charge in [0.2, 0.25) is 0 Å². The fraction of sp³-hybridized carbons (Fsp3) is 0. The van der Waals surface area contributed by atoms with Gasteiger partial charge in [-0.1, -0.05) is 60.7 Å². The third-order valence-corrected chi connectivity index (χ3v) is 5.15. The van der Waals surface area contributed by atoms with Gasteiger partial charge in [0.05, 0.1) is 11.6 Å². The molecule has 0 aliphatic rings. The summed E-state index contributed by atoms with van der Waals surface area (Å²) >= 11 is 1.80. The standard InChI is InChI=1S/C21H13NS/c22-14-15-10-12-17(13-11-15)21-20(16-6-2-1-3-7-16)18-8-4-5-9-19(18)23-21/h1-13H. The fourth-order valence-electron chi connectivity index (χ4n) is 2.84. The molecule has 0 N–H and O–H groups in total. The van der Waals surface area contributed by atoms with Gasteiger partial charge in [0.25, 0.3) is 0 Å². The summed E-state index contributed by atoms with van der Waals surface area (Å²) in [4.78, 5) is 1.25. The minimum Gasteiger partial charge on any atom is -0.192 e. The lowest BCUT2D eigenvalue weighted by atomic mass is 9.98. The van der Waals surface area contributed by atoms with E-state index in [4.69, 9.17) is 5.26 Å². The number of hydrogen-bond acceptors (Lipinski definition) is 2. The van der Waals surface area contributed by atoms with Gasteiger partial charge in [0, 0.05) is 20.5 Å². The summed E-state index contributed by atoms with van der Waals surface area (Å²) in [6.45, 7) is 0. The summed E-state index contributed by atoms with van der Waals surface area (Å²) in [5.41, 5.74) is 4.35. The highest BCUT2D eigenvalue weighted by Gasteiger charge is 2.15. The quantitative estimate of drug-likeness (QED) is 0.438. The molecule has 1 aromatic heterocycles. The van der Waals surface area contributed by atoms with Gasteiger partial charge in [-0.3, -0.25) is 0 Å². The molecule has 0 radical (unpaired) electrons. The number of nitrogens with zero attached hydrogens (tertiary/aromatic N) is 1. The van der Waals surface area contributed by atoms with Crippen LogP contribution in [0.1, 0.15) is 5.56 Å². The maximum absolute atomic E-state index is 9.00. The molecule has 108 valence electrons. The van der Waals surface area contributed by atoms with Crippen LogP contribution in [0.4, 0.5) is 0 Å². The van der Waals surface area contributed by atoms with E-state index < -0.39 is 0 Å². The zero-order valence-corrected chi connectivity index (χ0v) is 13.2. The van der Waals surface area contributed by atoms with E-state index in [9.17, 15) is 0 Å². The van der Waals surface area contributed by atoms with Crippen molar-refractivity contribution in [1.82, 2.24) is 0 Å². The van der Waals surface area contributed by atoms with E-state index in [-0.39, 0.29) is 0 Å². The second-order valence-electron chi connectivity index (χ2n) is 5.36. The minimum absolute atomic E-state index is 0.691. The highest BCUT2D eigenvalue weighted by molar-refractivity contribution is 7.23. The SMILES string of the molecule is N#Cc1ccc(-c2sc3ccccc3c2-c2ccccc2)cc1. The smallest absolute Gasteiger partial charge is 0.0991 e. The van der Waals surface area contributed by atoms with Crippen LogP contribution in [0.15, 0.2) is 78.9 Å². The topological polar surface area (TPSA) is 23.8 Å². The molecular formula is C21H13NS. The molecule has 0 amide bonds. The largest absolute Gasteiger partial charge is 0.192 e. The Bertz CT molecular complexity index is 1010. The first-order valence-electron chi connectivity index (χ1n) is 7.44. The van der Waals surface area contributed by atoms with Crippen LogP contribution in [0.5, 0.6) is 0 Å². The number of thiophene rings is 1. The van der Waals surface area contributed by atoms with Crippen molar-refractivity contribution in [3.8, 4) is 27.6 Å². The van der Waals surface area contributed by atoms with Crippen LogP contribution < -0.4 is 0 Å². The van der Waals surface area contributed by atoms with Gasteiger partial charge in [0.15, 0.2) is 0 Å². The maximum atomic E-state index is 9.00. The number of fused-ring (bicyclic) bond motifs is 1. The van der Waals surface area contributed by atoms with E-state index in [1.165, 1.54) is 26.1 Å². The third kappa shape index (κ3) is 2.42. The average Bonchev–Trinajstić information content (AvgIpc) is 3.02. The Balaban J connectivity index is 2.00. The highest BCUT2D eigenvalue weighted by Crippen LogP contribution is 2.44. The Kier molecular flexibility index (Phi) is 3.42. The molecule has 0 atom stereocenters. The molecule has 1 heterocycles. The summed E-state index contributed by atoms with van der Waals surface area (Å²) in [5, 5.41) is 10.3. The third-order valence-electron chi connectivity index (χ3n) is 3.93. The van der Waals surface area contributed by atoms with Crippen molar-refractivity contribution >= 4 is 21.4 Å². The molecule has 0 aliphatic carbocycles. The maximum Gasteiger partial charge on any atom is 0.0991 e. The number of rotatable bonds is 2. The Morgan fingerprint density at radius 1 is 0.696 bits per heavy atom. The van der Waals surface area contributed by atoms with Crippen molar-refractivity contribution < 1.29 is 0 Å². The molecule has 0 saturated heterocycles. The first kappa shape index (κ1) is 13.8. The molecule has 0 unspecified atom stereocenters. The summed E-state index contributed by atoms with van der Waals surface area (Å²) in [6, 6.07) is 29.0. The number of benzene rings is 3. The second-order valence-corrected chi connectivity index (χ2v) is 6.41. The number of nitriles is 1. The molecule has 23 heavy (non-hydrogen) atoms. The van der Waals surface area contributed by atoms with E-state index in [1.807, 2.05) is 30.3 Å². The summed E-state index contributed by atoms with van der Waals surface area (Å²) in [5.74, 6) is 0. The first-order valence-corrected chi connectivity index (χ1v) is 8.26. The molecule has 4 rings (SSSR count). The Labute approximate surface area is 139 Å². The molecular weight excluding hydrogens is 298 g/mol. The second kappa shape index (κ2) is 5.72. The van der Waals surface area contributed by atoms with Gasteiger partial charge >= 0.3 is 0 Å². The zero-order chi connectivity index (χ0) is 15.6. The molecule has 0 fully saturated rings. The van der Waals surface area contributed by atoms with Crippen LogP contribution in [0.2, 0.25) is 0 Å². The molecule has 0 spiro atoms. The summed E-state index contributed by atoms with van der Waals surface area (Å²) < 4.78 is 1.28. The van der Waals surface area contributed by atoms with E-state index in [0.717, 1.165) is 5.56 Å². The van der Waals surface area contributed by atoms with Crippen LogP contribution in [0.3, 0.4) is 0 Å². The zero-order valence-electron chi connectivity index (χ0n) is 12.4. The molecule has 0 aliphatic heterocycles. The molecule has 0 saturated carbocycles. The molecule has 2 heteroatoms. The lowest BCUT2D eigenvalue weighted by Gasteiger charge is -2.05. The van der Waals surface area contributed by atoms with Crippen molar-refractivity contribution in [3.05, 3.63) is 84.4 Å². The summed E-state index contributed by atoms with van der Waals surface area (Å²) in [7, 11) is 0. The van der Waals surface area contributed by atoms with Crippen LogP contribution in [0, 0.1) is 11.3 Å². The van der Waals surface area contributed by atoms with Gasteiger partial charge in [-0.15, -0.1) is 11.3 Å². The van der Waals surface area contributed by atoms with Crippen molar-refractivity contribution in [1.29, 1.82) is 5.26 Å². The Morgan fingerprint density at radius 3 is 2.13 bits per heavy atom. The molecule has 1 nitrogen and oxygen atoms in total. The molecule has 3 aromatic carbocycles. The lowest BCUT2D eigenvalue weighted by Crippen LogP contribution is -1.81. The van der Waals surface area contributed by atoms with Gasteiger partial charge < -0.3 is 0 Å². The van der Waals surface area contributed by atoms with E-state index in [0.29, 0.717) is 5.56 Å². The van der Waals surface area contributed by atoms with E-state index in [2.05, 4.69) is 54.6 Å².